The first-order valence-corrected chi connectivity index (χ1v) is 6.22. The minimum Gasteiger partial charge on any atom is -0.497 e. The molecule has 0 saturated heterocycles. The Hall–Kier alpha value is -1.51. The fourth-order valence-electron chi connectivity index (χ4n) is 1.68. The molecule has 1 aromatic heterocycles. The lowest BCUT2D eigenvalue weighted by molar-refractivity contribution is 0.415. The molecule has 0 aliphatic rings. The maximum atomic E-state index is 8.95. The summed E-state index contributed by atoms with van der Waals surface area (Å²) in [5.41, 5.74) is 1.89. The van der Waals surface area contributed by atoms with Crippen LogP contribution in [0.1, 0.15) is 5.69 Å². The highest BCUT2D eigenvalue weighted by Crippen LogP contribution is 2.36. The molecule has 0 aliphatic carbocycles. The van der Waals surface area contributed by atoms with Gasteiger partial charge < -0.3 is 4.74 Å². The van der Waals surface area contributed by atoms with Crippen LogP contribution in [0, 0.1) is 11.3 Å². The monoisotopic (exact) mass is 325 g/mol. The van der Waals surface area contributed by atoms with E-state index < -0.39 is 0 Å². The maximum absolute atomic E-state index is 8.95. The van der Waals surface area contributed by atoms with E-state index in [4.69, 9.17) is 21.6 Å². The summed E-state index contributed by atoms with van der Waals surface area (Å²) in [5.74, 6) is 0.683. The Morgan fingerprint density at radius 2 is 2.22 bits per heavy atom. The number of aryl methyl sites for hydroxylation is 1. The summed E-state index contributed by atoms with van der Waals surface area (Å²) in [7, 11) is 3.35. The SMILES string of the molecule is COc1ccc(-c2c(Br)c(C#N)nn2C)c(Cl)c1. The molecule has 4 nitrogen and oxygen atoms in total. The molecule has 1 heterocycles. The van der Waals surface area contributed by atoms with E-state index >= 15 is 0 Å². The van der Waals surface area contributed by atoms with E-state index in [0.29, 0.717) is 20.9 Å². The van der Waals surface area contributed by atoms with Crippen LogP contribution in [-0.2, 0) is 7.05 Å². The number of halogens is 2. The molecule has 0 spiro atoms. The van der Waals surface area contributed by atoms with Gasteiger partial charge in [-0.05, 0) is 34.1 Å². The van der Waals surface area contributed by atoms with Crippen molar-refractivity contribution in [2.75, 3.05) is 7.11 Å². The van der Waals surface area contributed by atoms with E-state index in [1.54, 1.807) is 24.9 Å². The third kappa shape index (κ3) is 2.09. The highest BCUT2D eigenvalue weighted by molar-refractivity contribution is 9.10. The zero-order valence-corrected chi connectivity index (χ0v) is 12.1. The quantitative estimate of drug-likeness (QED) is 0.850. The molecule has 18 heavy (non-hydrogen) atoms. The third-order valence-electron chi connectivity index (χ3n) is 2.53. The summed E-state index contributed by atoms with van der Waals surface area (Å²) < 4.78 is 7.36. The molecule has 0 bridgehead atoms. The Morgan fingerprint density at radius 3 is 2.72 bits per heavy atom. The Labute approximate surface area is 118 Å². The predicted molar refractivity (Wildman–Crippen MR) is 72.6 cm³/mol. The molecule has 6 heteroatoms. The van der Waals surface area contributed by atoms with Gasteiger partial charge in [-0.1, -0.05) is 11.6 Å². The van der Waals surface area contributed by atoms with E-state index in [1.165, 1.54) is 0 Å². The normalized spacial score (nSPS) is 10.2. The first-order valence-electron chi connectivity index (χ1n) is 5.05. The molecule has 0 aliphatic heterocycles. The molecule has 92 valence electrons. The van der Waals surface area contributed by atoms with E-state index in [9.17, 15) is 0 Å². The number of rotatable bonds is 2. The van der Waals surface area contributed by atoms with E-state index in [2.05, 4.69) is 21.0 Å². The van der Waals surface area contributed by atoms with Crippen molar-refractivity contribution in [3.05, 3.63) is 33.4 Å². The first kappa shape index (κ1) is 12.9. The van der Waals surface area contributed by atoms with Crippen LogP contribution in [0.5, 0.6) is 5.75 Å². The van der Waals surface area contributed by atoms with Gasteiger partial charge in [0, 0.05) is 12.6 Å². The van der Waals surface area contributed by atoms with Crippen LogP contribution in [0.2, 0.25) is 5.02 Å². The van der Waals surface area contributed by atoms with Crippen molar-refractivity contribution in [3.8, 4) is 23.1 Å². The molecule has 2 rings (SSSR count). The van der Waals surface area contributed by atoms with Gasteiger partial charge in [-0.25, -0.2) is 0 Å². The van der Waals surface area contributed by atoms with Crippen molar-refractivity contribution >= 4 is 27.5 Å². The number of methoxy groups -OCH3 is 1. The zero-order chi connectivity index (χ0) is 13.3. The number of ether oxygens (including phenoxy) is 1. The van der Waals surface area contributed by atoms with Crippen molar-refractivity contribution in [1.82, 2.24) is 9.78 Å². The maximum Gasteiger partial charge on any atom is 0.177 e. The fourth-order valence-corrected chi connectivity index (χ4v) is 2.58. The summed E-state index contributed by atoms with van der Waals surface area (Å²) in [4.78, 5) is 0. The highest BCUT2D eigenvalue weighted by atomic mass is 79.9. The molecule has 0 radical (unpaired) electrons. The smallest absolute Gasteiger partial charge is 0.177 e. The van der Waals surface area contributed by atoms with Crippen molar-refractivity contribution in [2.45, 2.75) is 0 Å². The largest absolute Gasteiger partial charge is 0.497 e. The minimum atomic E-state index is 0.333. The van der Waals surface area contributed by atoms with Crippen LogP contribution in [0.15, 0.2) is 22.7 Å². The van der Waals surface area contributed by atoms with Gasteiger partial charge in [-0.15, -0.1) is 0 Å². The van der Waals surface area contributed by atoms with Crippen LogP contribution in [0.25, 0.3) is 11.3 Å². The summed E-state index contributed by atoms with van der Waals surface area (Å²) in [6.07, 6.45) is 0. The minimum absolute atomic E-state index is 0.333. The van der Waals surface area contributed by atoms with Crippen molar-refractivity contribution < 1.29 is 4.74 Å². The lowest BCUT2D eigenvalue weighted by Gasteiger charge is -2.07. The van der Waals surface area contributed by atoms with E-state index in [1.807, 2.05) is 18.2 Å². The van der Waals surface area contributed by atoms with Crippen molar-refractivity contribution in [3.63, 3.8) is 0 Å². The van der Waals surface area contributed by atoms with Crippen molar-refractivity contribution in [1.29, 1.82) is 5.26 Å². The van der Waals surface area contributed by atoms with E-state index in [0.717, 1.165) is 11.3 Å². The summed E-state index contributed by atoms with van der Waals surface area (Å²) in [6, 6.07) is 7.40. The second-order valence-electron chi connectivity index (χ2n) is 3.59. The van der Waals surface area contributed by atoms with Gasteiger partial charge in [0.1, 0.15) is 11.8 Å². The molecular weight excluding hydrogens is 318 g/mol. The van der Waals surface area contributed by atoms with Gasteiger partial charge in [-0.2, -0.15) is 10.4 Å². The Bertz CT molecular complexity index is 646. The lowest BCUT2D eigenvalue weighted by Crippen LogP contribution is -1.95. The molecule has 0 N–H and O–H groups in total. The molecule has 0 fully saturated rings. The number of hydrogen-bond acceptors (Lipinski definition) is 3. The number of benzene rings is 1. The second kappa shape index (κ2) is 5.01. The number of nitriles is 1. The zero-order valence-electron chi connectivity index (χ0n) is 9.74. The van der Waals surface area contributed by atoms with Crippen molar-refractivity contribution in [2.24, 2.45) is 7.05 Å². The Morgan fingerprint density at radius 1 is 1.50 bits per heavy atom. The second-order valence-corrected chi connectivity index (χ2v) is 4.79. The van der Waals surface area contributed by atoms with Gasteiger partial charge in [-0.3, -0.25) is 4.68 Å². The Kier molecular flexibility index (Phi) is 3.60. The standard InChI is InChI=1S/C12H9BrClN3O/c1-17-12(11(13)10(6-15)16-17)8-4-3-7(18-2)5-9(8)14/h3-5H,1-2H3. The molecule has 0 unspecified atom stereocenters. The average molecular weight is 327 g/mol. The number of aromatic nitrogens is 2. The molecule has 0 saturated carbocycles. The molecule has 0 amide bonds. The van der Waals surface area contributed by atoms with E-state index in [-0.39, 0.29) is 0 Å². The molecule has 2 aromatic rings. The van der Waals surface area contributed by atoms with Gasteiger partial charge in [0.2, 0.25) is 0 Å². The summed E-state index contributed by atoms with van der Waals surface area (Å²) in [6.45, 7) is 0. The predicted octanol–water partition coefficient (Wildman–Crippen LogP) is 3.38. The molecule has 0 atom stereocenters. The Balaban J connectivity index is 2.63. The average Bonchev–Trinajstić information content (AvgIpc) is 2.64. The van der Waals surface area contributed by atoms with Gasteiger partial charge in [0.25, 0.3) is 0 Å². The summed E-state index contributed by atoms with van der Waals surface area (Å²) >= 11 is 9.59. The number of nitrogens with zero attached hydrogens (tertiary/aromatic N) is 3. The highest BCUT2D eigenvalue weighted by Gasteiger charge is 2.17. The van der Waals surface area contributed by atoms with Crippen LogP contribution >= 0.6 is 27.5 Å². The molecule has 1 aromatic carbocycles. The van der Waals surface area contributed by atoms with Crippen LogP contribution < -0.4 is 4.74 Å². The van der Waals surface area contributed by atoms with Crippen LogP contribution in [0.3, 0.4) is 0 Å². The van der Waals surface area contributed by atoms with Gasteiger partial charge >= 0.3 is 0 Å². The fraction of sp³-hybridized carbons (Fsp3) is 0.167. The van der Waals surface area contributed by atoms with Gasteiger partial charge in [0.15, 0.2) is 5.69 Å². The molecular formula is C12H9BrClN3O. The summed E-state index contributed by atoms with van der Waals surface area (Å²) in [5, 5.41) is 13.6. The topological polar surface area (TPSA) is 50.8 Å². The third-order valence-corrected chi connectivity index (χ3v) is 3.59. The number of hydrogen-bond donors (Lipinski definition) is 0. The van der Waals surface area contributed by atoms with Crippen LogP contribution in [0.4, 0.5) is 0 Å². The lowest BCUT2D eigenvalue weighted by atomic mass is 10.1. The van der Waals surface area contributed by atoms with Crippen LogP contribution in [-0.4, -0.2) is 16.9 Å². The first-order chi connectivity index (χ1) is 8.58. The van der Waals surface area contributed by atoms with Gasteiger partial charge in [0.05, 0.1) is 22.3 Å².